The fourth-order valence-corrected chi connectivity index (χ4v) is 3.62. The van der Waals surface area contributed by atoms with Crippen LogP contribution in [0.15, 0.2) is 0 Å². The van der Waals surface area contributed by atoms with Gasteiger partial charge in [-0.05, 0) is 32.6 Å². The molecule has 0 aromatic rings. The molecular formula is C12H24ClNO. The van der Waals surface area contributed by atoms with E-state index in [1.165, 1.54) is 19.3 Å². The van der Waals surface area contributed by atoms with Crippen LogP contribution in [0, 0.1) is 11.3 Å². The highest BCUT2D eigenvalue weighted by Gasteiger charge is 2.59. The predicted molar refractivity (Wildman–Crippen MR) is 65.1 cm³/mol. The number of hydroxylamine groups is 2. The number of hydrogen-bond acceptors (Lipinski definition) is 2. The highest BCUT2D eigenvalue weighted by atomic mass is 35.5. The molecule has 0 aromatic carbocycles. The van der Waals surface area contributed by atoms with E-state index in [4.69, 9.17) is 4.84 Å². The summed E-state index contributed by atoms with van der Waals surface area (Å²) in [6.45, 7) is 9.28. The molecule has 1 heterocycles. The van der Waals surface area contributed by atoms with Crippen LogP contribution in [0.4, 0.5) is 0 Å². The molecular weight excluding hydrogens is 210 g/mol. The zero-order valence-electron chi connectivity index (χ0n) is 10.5. The van der Waals surface area contributed by atoms with Crippen LogP contribution in [0.3, 0.4) is 0 Å². The Morgan fingerprint density at radius 3 is 2.33 bits per heavy atom. The van der Waals surface area contributed by atoms with Gasteiger partial charge < -0.3 is 0 Å². The van der Waals surface area contributed by atoms with Gasteiger partial charge in [-0.25, -0.2) is 0 Å². The summed E-state index contributed by atoms with van der Waals surface area (Å²) in [7, 11) is 2.09. The summed E-state index contributed by atoms with van der Waals surface area (Å²) in [6, 6.07) is 0.612. The zero-order valence-corrected chi connectivity index (χ0v) is 11.4. The number of fused-ring (bicyclic) bond motifs is 1. The van der Waals surface area contributed by atoms with Gasteiger partial charge in [0.1, 0.15) is 0 Å². The summed E-state index contributed by atoms with van der Waals surface area (Å²) in [5.41, 5.74) is 0.312. The summed E-state index contributed by atoms with van der Waals surface area (Å²) in [5, 5.41) is 2.11. The second kappa shape index (κ2) is 3.90. The topological polar surface area (TPSA) is 12.5 Å². The van der Waals surface area contributed by atoms with Gasteiger partial charge >= 0.3 is 0 Å². The first kappa shape index (κ1) is 13.3. The first-order valence-corrected chi connectivity index (χ1v) is 5.81. The third-order valence-electron chi connectivity index (χ3n) is 4.94. The number of rotatable bonds is 0. The van der Waals surface area contributed by atoms with E-state index in [0.717, 1.165) is 5.92 Å². The molecule has 90 valence electrons. The van der Waals surface area contributed by atoms with Gasteiger partial charge in [0.15, 0.2) is 0 Å². The molecule has 1 saturated carbocycles. The van der Waals surface area contributed by atoms with Gasteiger partial charge in [-0.3, -0.25) is 4.84 Å². The molecule has 3 atom stereocenters. The van der Waals surface area contributed by atoms with Gasteiger partial charge in [-0.2, -0.15) is 5.06 Å². The number of nitrogens with zero attached hydrogens (tertiary/aromatic N) is 1. The van der Waals surface area contributed by atoms with E-state index >= 15 is 0 Å². The minimum absolute atomic E-state index is 0. The van der Waals surface area contributed by atoms with Crippen LogP contribution < -0.4 is 0 Å². The third-order valence-corrected chi connectivity index (χ3v) is 4.94. The lowest BCUT2D eigenvalue weighted by Gasteiger charge is -2.47. The first-order valence-electron chi connectivity index (χ1n) is 5.81. The van der Waals surface area contributed by atoms with Gasteiger partial charge in [0, 0.05) is 18.5 Å². The molecule has 2 nitrogen and oxygen atoms in total. The number of hydrogen-bond donors (Lipinski definition) is 0. The second-order valence-electron chi connectivity index (χ2n) is 5.78. The van der Waals surface area contributed by atoms with Crippen LogP contribution in [-0.2, 0) is 4.84 Å². The van der Waals surface area contributed by atoms with Crippen LogP contribution in [0.5, 0.6) is 0 Å². The first-order chi connectivity index (χ1) is 6.39. The fraction of sp³-hybridized carbons (Fsp3) is 1.00. The maximum absolute atomic E-state index is 6.00. The van der Waals surface area contributed by atoms with E-state index < -0.39 is 0 Å². The fourth-order valence-electron chi connectivity index (χ4n) is 3.62. The molecule has 1 aliphatic heterocycles. The zero-order chi connectivity index (χ0) is 10.6. The van der Waals surface area contributed by atoms with Crippen molar-refractivity contribution < 1.29 is 4.84 Å². The van der Waals surface area contributed by atoms with Gasteiger partial charge in [0.25, 0.3) is 0 Å². The molecule has 0 N–H and O–H groups in total. The van der Waals surface area contributed by atoms with Crippen LogP contribution in [0.1, 0.15) is 47.0 Å². The molecule has 0 spiro atoms. The Kier molecular flexibility index (Phi) is 3.45. The number of halogens is 1. The average molecular weight is 234 g/mol. The minimum Gasteiger partial charge on any atom is -0.292 e. The summed E-state index contributed by atoms with van der Waals surface area (Å²) >= 11 is 0. The lowest BCUT2D eigenvalue weighted by Crippen LogP contribution is -2.51. The van der Waals surface area contributed by atoms with Gasteiger partial charge in [0.05, 0.1) is 5.60 Å². The van der Waals surface area contributed by atoms with E-state index in [1.807, 2.05) is 0 Å². The van der Waals surface area contributed by atoms with Crippen molar-refractivity contribution in [1.29, 1.82) is 0 Å². The molecule has 3 unspecified atom stereocenters. The Morgan fingerprint density at radius 1 is 1.20 bits per heavy atom. The van der Waals surface area contributed by atoms with Gasteiger partial charge in [-0.1, -0.05) is 20.3 Å². The highest BCUT2D eigenvalue weighted by molar-refractivity contribution is 5.85. The van der Waals surface area contributed by atoms with Crippen LogP contribution in [0.2, 0.25) is 0 Å². The molecule has 0 radical (unpaired) electrons. The highest BCUT2D eigenvalue weighted by Crippen LogP contribution is 2.55. The Labute approximate surface area is 99.7 Å². The van der Waals surface area contributed by atoms with Gasteiger partial charge in [0.2, 0.25) is 0 Å². The van der Waals surface area contributed by atoms with Crippen molar-refractivity contribution in [2.75, 3.05) is 7.05 Å². The maximum Gasteiger partial charge on any atom is 0.0915 e. The summed E-state index contributed by atoms with van der Waals surface area (Å²) in [6.07, 6.45) is 4.00. The van der Waals surface area contributed by atoms with Gasteiger partial charge in [-0.15, -0.1) is 12.4 Å². The van der Waals surface area contributed by atoms with Crippen molar-refractivity contribution >= 4 is 12.4 Å². The molecule has 15 heavy (non-hydrogen) atoms. The van der Waals surface area contributed by atoms with Crippen molar-refractivity contribution in [3.05, 3.63) is 0 Å². The molecule has 2 fully saturated rings. The normalized spacial score (nSPS) is 44.6. The van der Waals surface area contributed by atoms with Crippen molar-refractivity contribution in [3.8, 4) is 0 Å². The Bertz CT molecular complexity index is 244. The summed E-state index contributed by atoms with van der Waals surface area (Å²) in [4.78, 5) is 6.00. The minimum atomic E-state index is -0.00769. The third kappa shape index (κ3) is 1.62. The quantitative estimate of drug-likeness (QED) is 0.637. The monoisotopic (exact) mass is 233 g/mol. The molecule has 0 bridgehead atoms. The van der Waals surface area contributed by atoms with Crippen LogP contribution in [-0.4, -0.2) is 23.8 Å². The van der Waals surface area contributed by atoms with E-state index in [1.54, 1.807) is 0 Å². The molecule has 1 saturated heterocycles. The maximum atomic E-state index is 6.00. The van der Waals surface area contributed by atoms with E-state index in [9.17, 15) is 0 Å². The molecule has 1 aliphatic carbocycles. The van der Waals surface area contributed by atoms with E-state index in [2.05, 4.69) is 39.8 Å². The lowest BCUT2D eigenvalue weighted by atomic mass is 9.58. The average Bonchev–Trinajstić information content (AvgIpc) is 2.24. The Morgan fingerprint density at radius 2 is 1.80 bits per heavy atom. The SMILES string of the molecule is CC1CCCC2N(C)OC(C)(C)C12C.Cl. The van der Waals surface area contributed by atoms with Crippen molar-refractivity contribution in [2.45, 2.75) is 58.6 Å². The van der Waals surface area contributed by atoms with Crippen molar-refractivity contribution in [3.63, 3.8) is 0 Å². The van der Waals surface area contributed by atoms with Crippen molar-refractivity contribution in [2.24, 2.45) is 11.3 Å². The van der Waals surface area contributed by atoms with Crippen LogP contribution in [0.25, 0.3) is 0 Å². The Balaban J connectivity index is 0.00000112. The molecule has 2 aliphatic rings. The summed E-state index contributed by atoms with van der Waals surface area (Å²) in [5.74, 6) is 0.765. The molecule has 0 amide bonds. The second-order valence-corrected chi connectivity index (χ2v) is 5.78. The van der Waals surface area contributed by atoms with E-state index in [0.29, 0.717) is 11.5 Å². The Hall–Kier alpha value is 0.210. The van der Waals surface area contributed by atoms with Crippen LogP contribution >= 0.6 is 12.4 Å². The van der Waals surface area contributed by atoms with Crippen molar-refractivity contribution in [1.82, 2.24) is 5.06 Å². The van der Waals surface area contributed by atoms with E-state index in [-0.39, 0.29) is 18.0 Å². The lowest BCUT2D eigenvalue weighted by molar-refractivity contribution is -0.183. The predicted octanol–water partition coefficient (Wildman–Crippen LogP) is 3.26. The molecule has 0 aromatic heterocycles. The smallest absolute Gasteiger partial charge is 0.0915 e. The standard InChI is InChI=1S/C12H23NO.ClH/c1-9-7-6-8-10-12(9,4)11(2,3)14-13(10)5;/h9-10H,6-8H2,1-5H3;1H. The largest absolute Gasteiger partial charge is 0.292 e. The molecule has 3 heteroatoms. The summed E-state index contributed by atoms with van der Waals surface area (Å²) < 4.78 is 0. The molecule has 2 rings (SSSR count).